The number of carbonyl (C=O) groups is 1. The van der Waals surface area contributed by atoms with Crippen LogP contribution >= 0.6 is 0 Å². The Morgan fingerprint density at radius 3 is 2.42 bits per heavy atom. The first-order chi connectivity index (χ1) is 9.21. The summed E-state index contributed by atoms with van der Waals surface area (Å²) in [5.41, 5.74) is 1.11. The van der Waals surface area contributed by atoms with Gasteiger partial charge in [0.05, 0.1) is 14.2 Å². The summed E-state index contributed by atoms with van der Waals surface area (Å²) in [4.78, 5) is 11.7. The van der Waals surface area contributed by atoms with Crippen LogP contribution in [0.1, 0.15) is 44.6 Å². The van der Waals surface area contributed by atoms with E-state index < -0.39 is 0 Å². The molecule has 0 spiro atoms. The lowest BCUT2D eigenvalue weighted by Gasteiger charge is -2.09. The van der Waals surface area contributed by atoms with Crippen molar-refractivity contribution < 1.29 is 14.3 Å². The fourth-order valence-electron chi connectivity index (χ4n) is 2.02. The van der Waals surface area contributed by atoms with Crippen molar-refractivity contribution in [2.75, 3.05) is 14.2 Å². The molecule has 0 aromatic heterocycles. The Morgan fingerprint density at radius 1 is 1.05 bits per heavy atom. The largest absolute Gasteiger partial charge is 0.493 e. The molecule has 1 aromatic rings. The van der Waals surface area contributed by atoms with Crippen LogP contribution in [0, 0.1) is 0 Å². The zero-order valence-electron chi connectivity index (χ0n) is 12.2. The smallest absolute Gasteiger partial charge is 0.160 e. The number of ether oxygens (including phenoxy) is 2. The first-order valence-corrected chi connectivity index (χ1v) is 6.93. The molecule has 0 radical (unpaired) electrons. The molecule has 0 saturated carbocycles. The Balaban J connectivity index is 2.47. The maximum atomic E-state index is 11.7. The molecule has 0 unspecified atom stereocenters. The van der Waals surface area contributed by atoms with Crippen molar-refractivity contribution >= 4 is 5.78 Å². The second kappa shape index (κ2) is 8.57. The molecule has 0 N–H and O–H groups in total. The SMILES string of the molecule is CCCCCC(=O)CCc1ccc(OC)c(OC)c1. The minimum absolute atomic E-state index is 0.350. The molecular formula is C16H24O3. The molecule has 0 amide bonds. The van der Waals surface area contributed by atoms with E-state index >= 15 is 0 Å². The highest BCUT2D eigenvalue weighted by Gasteiger charge is 2.06. The molecule has 0 bridgehead atoms. The summed E-state index contributed by atoms with van der Waals surface area (Å²) in [6.07, 6.45) is 5.40. The van der Waals surface area contributed by atoms with Gasteiger partial charge >= 0.3 is 0 Å². The molecule has 3 heteroatoms. The van der Waals surface area contributed by atoms with E-state index in [2.05, 4.69) is 6.92 Å². The first-order valence-electron chi connectivity index (χ1n) is 6.93. The van der Waals surface area contributed by atoms with E-state index in [0.29, 0.717) is 18.6 Å². The highest BCUT2D eigenvalue weighted by molar-refractivity contribution is 5.78. The molecule has 0 fully saturated rings. The van der Waals surface area contributed by atoms with E-state index in [0.717, 1.165) is 42.7 Å². The van der Waals surface area contributed by atoms with E-state index in [1.54, 1.807) is 14.2 Å². The van der Waals surface area contributed by atoms with Crippen molar-refractivity contribution in [3.05, 3.63) is 23.8 Å². The fourth-order valence-corrected chi connectivity index (χ4v) is 2.02. The van der Waals surface area contributed by atoms with Crippen molar-refractivity contribution in [3.8, 4) is 11.5 Å². The van der Waals surface area contributed by atoms with Gasteiger partial charge in [-0.2, -0.15) is 0 Å². The molecule has 0 aliphatic heterocycles. The first kappa shape index (κ1) is 15.5. The van der Waals surface area contributed by atoms with Gasteiger partial charge in [0, 0.05) is 12.8 Å². The number of aryl methyl sites for hydroxylation is 1. The molecule has 0 atom stereocenters. The number of carbonyl (C=O) groups excluding carboxylic acids is 1. The van der Waals surface area contributed by atoms with Gasteiger partial charge in [-0.1, -0.05) is 25.8 Å². The number of benzene rings is 1. The third kappa shape index (κ3) is 5.33. The number of ketones is 1. The summed E-state index contributed by atoms with van der Waals surface area (Å²) in [5, 5.41) is 0. The second-order valence-electron chi connectivity index (χ2n) is 4.69. The van der Waals surface area contributed by atoms with Crippen LogP contribution < -0.4 is 9.47 Å². The van der Waals surface area contributed by atoms with Crippen LogP contribution in [0.15, 0.2) is 18.2 Å². The average molecular weight is 264 g/mol. The van der Waals surface area contributed by atoms with E-state index in [9.17, 15) is 4.79 Å². The number of Topliss-reactive ketones (excluding diaryl/α,β-unsaturated/α-hetero) is 1. The summed E-state index contributed by atoms with van der Waals surface area (Å²) >= 11 is 0. The Morgan fingerprint density at radius 2 is 1.79 bits per heavy atom. The highest BCUT2D eigenvalue weighted by atomic mass is 16.5. The molecule has 0 heterocycles. The monoisotopic (exact) mass is 264 g/mol. The summed E-state index contributed by atoms with van der Waals surface area (Å²) in [6, 6.07) is 5.81. The summed E-state index contributed by atoms with van der Waals surface area (Å²) in [6.45, 7) is 2.15. The van der Waals surface area contributed by atoms with Gasteiger partial charge in [0.25, 0.3) is 0 Å². The zero-order valence-corrected chi connectivity index (χ0v) is 12.2. The molecular weight excluding hydrogens is 240 g/mol. The lowest BCUT2D eigenvalue weighted by molar-refractivity contribution is -0.119. The number of unbranched alkanes of at least 4 members (excludes halogenated alkanes) is 2. The maximum absolute atomic E-state index is 11.7. The average Bonchev–Trinajstić information content (AvgIpc) is 2.45. The van der Waals surface area contributed by atoms with Gasteiger partial charge < -0.3 is 9.47 Å². The minimum Gasteiger partial charge on any atom is -0.493 e. The van der Waals surface area contributed by atoms with Crippen LogP contribution in [0.25, 0.3) is 0 Å². The fraction of sp³-hybridized carbons (Fsp3) is 0.562. The van der Waals surface area contributed by atoms with Gasteiger partial charge in [0.2, 0.25) is 0 Å². The van der Waals surface area contributed by atoms with Crippen LogP contribution in [0.2, 0.25) is 0 Å². The predicted molar refractivity (Wildman–Crippen MR) is 77.0 cm³/mol. The standard InChI is InChI=1S/C16H24O3/c1-4-5-6-7-14(17)10-8-13-9-11-15(18-2)16(12-13)19-3/h9,11-12H,4-8,10H2,1-3H3. The molecule has 19 heavy (non-hydrogen) atoms. The predicted octanol–water partition coefficient (Wildman–Crippen LogP) is 3.79. The molecule has 106 valence electrons. The van der Waals surface area contributed by atoms with Crippen LogP contribution in [0.5, 0.6) is 11.5 Å². The van der Waals surface area contributed by atoms with Crippen LogP contribution in [0.3, 0.4) is 0 Å². The van der Waals surface area contributed by atoms with Crippen LogP contribution in [-0.4, -0.2) is 20.0 Å². The molecule has 3 nitrogen and oxygen atoms in total. The van der Waals surface area contributed by atoms with Crippen molar-refractivity contribution in [1.29, 1.82) is 0 Å². The van der Waals surface area contributed by atoms with Crippen molar-refractivity contribution in [1.82, 2.24) is 0 Å². The molecule has 0 aliphatic carbocycles. The van der Waals surface area contributed by atoms with E-state index in [4.69, 9.17) is 9.47 Å². The Hall–Kier alpha value is -1.51. The van der Waals surface area contributed by atoms with Gasteiger partial charge in [-0.25, -0.2) is 0 Å². The topological polar surface area (TPSA) is 35.5 Å². The van der Waals surface area contributed by atoms with Gasteiger partial charge in [-0.05, 0) is 30.5 Å². The molecule has 1 rings (SSSR count). The third-order valence-corrected chi connectivity index (χ3v) is 3.20. The normalized spacial score (nSPS) is 10.3. The van der Waals surface area contributed by atoms with Crippen molar-refractivity contribution in [2.45, 2.75) is 45.4 Å². The summed E-state index contributed by atoms with van der Waals surface area (Å²) < 4.78 is 10.4. The highest BCUT2D eigenvalue weighted by Crippen LogP contribution is 2.28. The van der Waals surface area contributed by atoms with Gasteiger partial charge in [-0.3, -0.25) is 4.79 Å². The third-order valence-electron chi connectivity index (χ3n) is 3.20. The van der Waals surface area contributed by atoms with Gasteiger partial charge in [0.15, 0.2) is 11.5 Å². The Kier molecular flexibility index (Phi) is 7.01. The Labute approximate surface area is 115 Å². The summed E-state index contributed by atoms with van der Waals surface area (Å²) in [7, 11) is 3.24. The van der Waals surface area contributed by atoms with E-state index in [1.165, 1.54) is 0 Å². The number of hydrogen-bond donors (Lipinski definition) is 0. The second-order valence-corrected chi connectivity index (χ2v) is 4.69. The minimum atomic E-state index is 0.350. The van der Waals surface area contributed by atoms with Crippen LogP contribution in [0.4, 0.5) is 0 Å². The number of methoxy groups -OCH3 is 2. The van der Waals surface area contributed by atoms with Crippen molar-refractivity contribution in [2.24, 2.45) is 0 Å². The van der Waals surface area contributed by atoms with Crippen LogP contribution in [-0.2, 0) is 11.2 Å². The molecule has 1 aromatic carbocycles. The lowest BCUT2D eigenvalue weighted by atomic mass is 10.0. The van der Waals surface area contributed by atoms with Gasteiger partial charge in [-0.15, -0.1) is 0 Å². The quantitative estimate of drug-likeness (QED) is 0.637. The maximum Gasteiger partial charge on any atom is 0.160 e. The summed E-state index contributed by atoms with van der Waals surface area (Å²) in [5.74, 6) is 1.79. The molecule has 0 aliphatic rings. The number of rotatable bonds is 9. The zero-order chi connectivity index (χ0) is 14.1. The van der Waals surface area contributed by atoms with E-state index in [1.807, 2.05) is 18.2 Å². The molecule has 0 saturated heterocycles. The van der Waals surface area contributed by atoms with Gasteiger partial charge in [0.1, 0.15) is 5.78 Å². The van der Waals surface area contributed by atoms with Crippen molar-refractivity contribution in [3.63, 3.8) is 0 Å². The number of hydrogen-bond acceptors (Lipinski definition) is 3. The lowest BCUT2D eigenvalue weighted by Crippen LogP contribution is -2.00. The van der Waals surface area contributed by atoms with E-state index in [-0.39, 0.29) is 0 Å². The Bertz CT molecular complexity index is 399.